The number of hydrogen-bond donors (Lipinski definition) is 2. The summed E-state index contributed by atoms with van der Waals surface area (Å²) in [5, 5.41) is 18.7. The molecule has 20 heavy (non-hydrogen) atoms. The first-order valence-electron chi connectivity index (χ1n) is 7.23. The summed E-state index contributed by atoms with van der Waals surface area (Å²) >= 11 is 6.12. The van der Waals surface area contributed by atoms with Gasteiger partial charge in [0, 0.05) is 6.42 Å². The SMILES string of the molecule is C=C[C@H](O)C#CC#CC[C@H](O)[C@H](Cl)CCCCCCC. The van der Waals surface area contributed by atoms with E-state index >= 15 is 0 Å². The number of alkyl halides is 1. The van der Waals surface area contributed by atoms with E-state index in [1.807, 2.05) is 0 Å². The minimum atomic E-state index is -0.849. The maximum atomic E-state index is 9.83. The van der Waals surface area contributed by atoms with E-state index in [1.54, 1.807) is 0 Å². The molecule has 0 aromatic rings. The lowest BCUT2D eigenvalue weighted by atomic mass is 10.1. The molecule has 0 fully saturated rings. The third kappa shape index (κ3) is 10.9. The highest BCUT2D eigenvalue weighted by Crippen LogP contribution is 2.15. The summed E-state index contributed by atoms with van der Waals surface area (Å²) in [4.78, 5) is 0. The van der Waals surface area contributed by atoms with Crippen molar-refractivity contribution in [2.45, 2.75) is 69.5 Å². The number of halogens is 1. The quantitative estimate of drug-likeness (QED) is 0.297. The largest absolute Gasteiger partial charge is 0.391 e. The molecule has 0 saturated heterocycles. The minimum absolute atomic E-state index is 0.252. The van der Waals surface area contributed by atoms with Crippen LogP contribution in [0.15, 0.2) is 12.7 Å². The third-order valence-electron chi connectivity index (χ3n) is 2.91. The van der Waals surface area contributed by atoms with Crippen LogP contribution in [-0.4, -0.2) is 27.8 Å². The Hall–Kier alpha value is -0.930. The van der Waals surface area contributed by atoms with Crippen molar-refractivity contribution in [3.8, 4) is 23.7 Å². The average molecular weight is 297 g/mol. The molecular weight excluding hydrogens is 272 g/mol. The number of aliphatic hydroxyl groups is 2. The van der Waals surface area contributed by atoms with Gasteiger partial charge in [-0.25, -0.2) is 0 Å². The molecule has 2 N–H and O–H groups in total. The van der Waals surface area contributed by atoms with Crippen molar-refractivity contribution in [2.75, 3.05) is 0 Å². The van der Waals surface area contributed by atoms with Crippen molar-refractivity contribution < 1.29 is 10.2 Å². The van der Waals surface area contributed by atoms with Gasteiger partial charge in [-0.3, -0.25) is 0 Å². The molecular formula is C17H25ClO2. The predicted molar refractivity (Wildman–Crippen MR) is 85.4 cm³/mol. The zero-order chi connectivity index (χ0) is 15.2. The van der Waals surface area contributed by atoms with Crippen LogP contribution in [0.2, 0.25) is 0 Å². The van der Waals surface area contributed by atoms with E-state index in [9.17, 15) is 5.11 Å². The second kappa shape index (κ2) is 13.1. The second-order valence-electron chi connectivity index (χ2n) is 4.74. The van der Waals surface area contributed by atoms with Gasteiger partial charge in [0.25, 0.3) is 0 Å². The van der Waals surface area contributed by atoms with Gasteiger partial charge in [-0.1, -0.05) is 63.5 Å². The second-order valence-corrected chi connectivity index (χ2v) is 5.30. The molecule has 0 aromatic heterocycles. The Morgan fingerprint density at radius 1 is 1.15 bits per heavy atom. The van der Waals surface area contributed by atoms with Gasteiger partial charge >= 0.3 is 0 Å². The Labute approximate surface area is 128 Å². The van der Waals surface area contributed by atoms with Gasteiger partial charge in [0.15, 0.2) is 0 Å². The van der Waals surface area contributed by atoms with Crippen LogP contribution in [0.25, 0.3) is 0 Å². The molecule has 0 rings (SSSR count). The lowest BCUT2D eigenvalue weighted by molar-refractivity contribution is 0.170. The van der Waals surface area contributed by atoms with Crippen LogP contribution in [-0.2, 0) is 0 Å². The van der Waals surface area contributed by atoms with E-state index in [2.05, 4.69) is 37.2 Å². The van der Waals surface area contributed by atoms with Gasteiger partial charge in [-0.2, -0.15) is 0 Å². The smallest absolute Gasteiger partial charge is 0.134 e. The molecule has 0 radical (unpaired) electrons. The Morgan fingerprint density at radius 3 is 2.50 bits per heavy atom. The van der Waals surface area contributed by atoms with Gasteiger partial charge in [0.1, 0.15) is 6.10 Å². The van der Waals surface area contributed by atoms with Crippen LogP contribution >= 0.6 is 11.6 Å². The first-order valence-corrected chi connectivity index (χ1v) is 7.66. The van der Waals surface area contributed by atoms with Gasteiger partial charge in [-0.15, -0.1) is 11.6 Å². The fraction of sp³-hybridized carbons (Fsp3) is 0.647. The van der Waals surface area contributed by atoms with Crippen molar-refractivity contribution >= 4 is 11.6 Å². The van der Waals surface area contributed by atoms with E-state index in [1.165, 1.54) is 31.8 Å². The van der Waals surface area contributed by atoms with Crippen molar-refractivity contribution in [3.63, 3.8) is 0 Å². The molecule has 0 aromatic carbocycles. The summed E-state index contributed by atoms with van der Waals surface area (Å²) in [5.41, 5.74) is 0. The van der Waals surface area contributed by atoms with Gasteiger partial charge in [-0.05, 0) is 18.3 Å². The van der Waals surface area contributed by atoms with E-state index in [4.69, 9.17) is 16.7 Å². The van der Waals surface area contributed by atoms with Crippen molar-refractivity contribution in [1.82, 2.24) is 0 Å². The van der Waals surface area contributed by atoms with E-state index in [0.717, 1.165) is 12.8 Å². The number of rotatable bonds is 9. The molecule has 0 aliphatic carbocycles. The summed E-state index contributed by atoms with van der Waals surface area (Å²) in [6.07, 6.45) is 6.91. The molecule has 3 heteroatoms. The molecule has 0 unspecified atom stereocenters. The summed E-state index contributed by atoms with van der Waals surface area (Å²) in [6, 6.07) is 0. The fourth-order valence-electron chi connectivity index (χ4n) is 1.63. The fourth-order valence-corrected chi connectivity index (χ4v) is 1.88. The number of hydrogen-bond acceptors (Lipinski definition) is 2. The summed E-state index contributed by atoms with van der Waals surface area (Å²) < 4.78 is 0. The lowest BCUT2D eigenvalue weighted by Gasteiger charge is -2.14. The number of aliphatic hydroxyl groups excluding tert-OH is 2. The van der Waals surface area contributed by atoms with Crippen molar-refractivity contribution in [1.29, 1.82) is 0 Å². The van der Waals surface area contributed by atoms with E-state index < -0.39 is 12.2 Å². The van der Waals surface area contributed by atoms with Gasteiger partial charge < -0.3 is 10.2 Å². The first kappa shape index (κ1) is 19.1. The van der Waals surface area contributed by atoms with Crippen molar-refractivity contribution in [2.24, 2.45) is 0 Å². The van der Waals surface area contributed by atoms with E-state index in [0.29, 0.717) is 6.42 Å². The van der Waals surface area contributed by atoms with Crippen molar-refractivity contribution in [3.05, 3.63) is 12.7 Å². The molecule has 112 valence electrons. The average Bonchev–Trinajstić information content (AvgIpc) is 2.45. The summed E-state index contributed by atoms with van der Waals surface area (Å²) in [5.74, 6) is 10.3. The van der Waals surface area contributed by atoms with Crippen LogP contribution < -0.4 is 0 Å². The molecule has 0 aliphatic rings. The number of unbranched alkanes of at least 4 members (excludes halogenated alkanes) is 4. The van der Waals surface area contributed by atoms with Crippen LogP contribution in [0.3, 0.4) is 0 Å². The van der Waals surface area contributed by atoms with E-state index in [-0.39, 0.29) is 5.38 Å². The molecule has 0 aliphatic heterocycles. The Morgan fingerprint density at radius 2 is 1.85 bits per heavy atom. The molecule has 0 spiro atoms. The Kier molecular flexibility index (Phi) is 12.5. The lowest BCUT2D eigenvalue weighted by Crippen LogP contribution is -2.20. The molecule has 2 nitrogen and oxygen atoms in total. The van der Waals surface area contributed by atoms with Gasteiger partial charge in [0.2, 0.25) is 0 Å². The zero-order valence-corrected chi connectivity index (χ0v) is 13.0. The maximum absolute atomic E-state index is 9.83. The zero-order valence-electron chi connectivity index (χ0n) is 12.2. The highest BCUT2D eigenvalue weighted by molar-refractivity contribution is 6.21. The summed E-state index contributed by atoms with van der Waals surface area (Å²) in [7, 11) is 0. The maximum Gasteiger partial charge on any atom is 0.134 e. The Balaban J connectivity index is 3.84. The standard InChI is InChI=1S/C17H25ClO2/c1-3-5-6-7-10-13-16(18)17(20)14-11-8-9-12-15(19)4-2/h4,15-17,19-20H,2-3,5-7,10,13-14H2,1H3/t15-,16+,17-/m0/s1. The Bertz CT molecular complexity index is 370. The topological polar surface area (TPSA) is 40.5 Å². The molecule has 0 saturated carbocycles. The first-order chi connectivity index (χ1) is 9.61. The third-order valence-corrected chi connectivity index (χ3v) is 3.42. The minimum Gasteiger partial charge on any atom is -0.391 e. The molecule has 0 amide bonds. The van der Waals surface area contributed by atoms with Crippen LogP contribution in [0.5, 0.6) is 0 Å². The van der Waals surface area contributed by atoms with Crippen LogP contribution in [0, 0.1) is 23.7 Å². The predicted octanol–water partition coefficient (Wildman–Crippen LogP) is 3.26. The van der Waals surface area contributed by atoms with Gasteiger partial charge in [0.05, 0.1) is 11.5 Å². The highest BCUT2D eigenvalue weighted by Gasteiger charge is 2.14. The normalized spacial score (nSPS) is 14.2. The monoisotopic (exact) mass is 296 g/mol. The molecule has 3 atom stereocenters. The highest BCUT2D eigenvalue weighted by atomic mass is 35.5. The molecule has 0 heterocycles. The summed E-state index contributed by atoms with van der Waals surface area (Å²) in [6.45, 7) is 5.58. The molecule has 0 bridgehead atoms. The van der Waals surface area contributed by atoms with Crippen LogP contribution in [0.1, 0.15) is 51.9 Å². The van der Waals surface area contributed by atoms with Crippen LogP contribution in [0.4, 0.5) is 0 Å².